The minimum atomic E-state index is -0.690. The van der Waals surface area contributed by atoms with Crippen LogP contribution in [0.2, 0.25) is 0 Å². The van der Waals surface area contributed by atoms with Gasteiger partial charge in [0.1, 0.15) is 17.4 Å². The van der Waals surface area contributed by atoms with Gasteiger partial charge < -0.3 is 22.0 Å². The van der Waals surface area contributed by atoms with Crippen LogP contribution in [0.4, 0.5) is 8.78 Å². The number of quaternary nitrogens is 1. The van der Waals surface area contributed by atoms with Gasteiger partial charge in [-0.1, -0.05) is 10.1 Å². The number of rotatable bonds is 3. The molecular weight excluding hydrogens is 384 g/mol. The van der Waals surface area contributed by atoms with E-state index in [0.717, 1.165) is 24.6 Å². The number of aliphatic imine (C=N–C) groups is 2. The Hall–Kier alpha value is -1.97. The highest BCUT2D eigenvalue weighted by Crippen LogP contribution is 2.29. The molecule has 0 saturated carbocycles. The van der Waals surface area contributed by atoms with Crippen LogP contribution in [-0.2, 0) is 0 Å². The number of guanidine groups is 1. The molecule has 1 N–H and O–H groups in total. The largest absolute Gasteiger partial charge is 1.00 e. The summed E-state index contributed by atoms with van der Waals surface area (Å²) in [6.07, 6.45) is 2.90. The number of thioether (sulfide) groups is 1. The number of benzene rings is 1. The third-order valence-electron chi connectivity index (χ3n) is 4.22. The Morgan fingerprint density at radius 1 is 1.19 bits per heavy atom. The van der Waals surface area contributed by atoms with Crippen molar-refractivity contribution in [2.45, 2.75) is 0 Å². The first-order chi connectivity index (χ1) is 12.2. The molecule has 3 aliphatic rings. The molecule has 0 amide bonds. The van der Waals surface area contributed by atoms with Crippen LogP contribution in [0.3, 0.4) is 0 Å². The van der Waals surface area contributed by atoms with Gasteiger partial charge in [0.25, 0.3) is 0 Å². The van der Waals surface area contributed by atoms with Crippen LogP contribution in [0, 0.1) is 11.6 Å². The first-order valence-electron chi connectivity index (χ1n) is 7.81. The first-order valence-corrected chi connectivity index (χ1v) is 8.97. The van der Waals surface area contributed by atoms with E-state index in [2.05, 4.69) is 20.0 Å². The van der Waals surface area contributed by atoms with Gasteiger partial charge in [-0.05, 0) is 0 Å². The molecular formula is C16H16ClF2N5OS. The fraction of sp³-hybridized carbons (Fsp3) is 0.312. The van der Waals surface area contributed by atoms with Crippen LogP contribution < -0.4 is 22.2 Å². The molecule has 0 bridgehead atoms. The van der Waals surface area contributed by atoms with Crippen molar-refractivity contribution < 1.29 is 30.9 Å². The van der Waals surface area contributed by atoms with Crippen LogP contribution in [0.25, 0.3) is 5.57 Å². The van der Waals surface area contributed by atoms with Crippen molar-refractivity contribution in [3.63, 3.8) is 0 Å². The number of allylic oxidation sites excluding steroid dienone is 1. The molecule has 138 valence electrons. The molecule has 0 aliphatic carbocycles. The van der Waals surface area contributed by atoms with Gasteiger partial charge in [0, 0.05) is 36.7 Å². The monoisotopic (exact) mass is 399 g/mol. The number of hydrogen-bond acceptors (Lipinski definition) is 6. The molecule has 6 nitrogen and oxygen atoms in total. The number of ether oxygens (including phenoxy) is 1. The maximum atomic E-state index is 14.7. The van der Waals surface area contributed by atoms with E-state index in [1.165, 1.54) is 31.8 Å². The first kappa shape index (κ1) is 18.8. The molecule has 10 heteroatoms. The average molecular weight is 400 g/mol. The van der Waals surface area contributed by atoms with Crippen molar-refractivity contribution >= 4 is 35.8 Å². The zero-order valence-corrected chi connectivity index (χ0v) is 15.4. The number of fused-ring (bicyclic) bond motifs is 1. The average Bonchev–Trinajstić information content (AvgIpc) is 3.10. The summed E-state index contributed by atoms with van der Waals surface area (Å²) in [5, 5.41) is 4.85. The Morgan fingerprint density at radius 2 is 1.88 bits per heavy atom. The van der Waals surface area contributed by atoms with Crippen LogP contribution in [0.1, 0.15) is 5.56 Å². The maximum Gasteiger partial charge on any atom is 0.362 e. The van der Waals surface area contributed by atoms with E-state index in [1.54, 1.807) is 0 Å². The molecule has 1 fully saturated rings. The van der Waals surface area contributed by atoms with Crippen molar-refractivity contribution in [2.75, 3.05) is 31.7 Å². The number of nitrogens with one attached hydrogen (secondary N) is 1. The summed E-state index contributed by atoms with van der Waals surface area (Å²) in [7, 11) is 1.37. The zero-order valence-electron chi connectivity index (χ0n) is 13.9. The lowest BCUT2D eigenvalue weighted by molar-refractivity contribution is -0.778. The Labute approximate surface area is 159 Å². The fourth-order valence-electron chi connectivity index (χ4n) is 3.05. The molecule has 1 unspecified atom stereocenters. The molecule has 1 atom stereocenters. The van der Waals surface area contributed by atoms with E-state index >= 15 is 0 Å². The van der Waals surface area contributed by atoms with Gasteiger partial charge in [-0.2, -0.15) is 21.7 Å². The molecule has 1 aromatic carbocycles. The summed E-state index contributed by atoms with van der Waals surface area (Å²) in [6.45, 7) is 1.56. The van der Waals surface area contributed by atoms with Crippen molar-refractivity contribution in [1.82, 2.24) is 4.90 Å². The molecule has 1 aromatic rings. The molecule has 3 aliphatic heterocycles. The van der Waals surface area contributed by atoms with Crippen molar-refractivity contribution in [3.8, 4) is 5.75 Å². The lowest BCUT2D eigenvalue weighted by atomic mass is 10.0. The summed E-state index contributed by atoms with van der Waals surface area (Å²) in [6, 6.07) is 2.35. The molecule has 0 radical (unpaired) electrons. The van der Waals surface area contributed by atoms with E-state index in [1.807, 2.05) is 11.8 Å². The van der Waals surface area contributed by atoms with Gasteiger partial charge in [-0.3, -0.25) is 0 Å². The zero-order chi connectivity index (χ0) is 17.4. The second-order valence-corrected chi connectivity index (χ2v) is 6.86. The number of methoxy groups -OCH3 is 1. The van der Waals surface area contributed by atoms with E-state index in [0.29, 0.717) is 22.4 Å². The van der Waals surface area contributed by atoms with E-state index < -0.39 is 11.6 Å². The summed E-state index contributed by atoms with van der Waals surface area (Å²) >= 11 is 1.86. The SMILES string of the molecule is COc1cc(F)c(C2=C(N3CCSCC3)[NH+]3N=CN=C3N=C2)c(F)c1.[Cl-]. The Morgan fingerprint density at radius 3 is 2.54 bits per heavy atom. The molecule has 1 saturated heterocycles. The number of nitrogens with zero attached hydrogens (tertiary/aromatic N) is 4. The van der Waals surface area contributed by atoms with Gasteiger partial charge in [0.15, 0.2) is 6.34 Å². The third kappa shape index (κ3) is 3.22. The lowest BCUT2D eigenvalue weighted by Gasteiger charge is -2.32. The number of hydrogen-bond donors (Lipinski definition) is 1. The molecule has 3 heterocycles. The second kappa shape index (κ2) is 7.73. The van der Waals surface area contributed by atoms with Crippen molar-refractivity contribution in [3.05, 3.63) is 35.2 Å². The van der Waals surface area contributed by atoms with Gasteiger partial charge in [-0.15, -0.1) is 0 Å². The minimum absolute atomic E-state index is 0. The molecule has 0 spiro atoms. The van der Waals surface area contributed by atoms with Crippen molar-refractivity contribution in [1.29, 1.82) is 0 Å². The quantitative estimate of drug-likeness (QED) is 0.638. The van der Waals surface area contributed by atoms with Crippen LogP contribution >= 0.6 is 11.8 Å². The van der Waals surface area contributed by atoms with E-state index in [4.69, 9.17) is 4.74 Å². The summed E-state index contributed by atoms with van der Waals surface area (Å²) in [4.78, 5) is 10.5. The van der Waals surface area contributed by atoms with Crippen LogP contribution in [0.5, 0.6) is 5.75 Å². The number of halogens is 3. The van der Waals surface area contributed by atoms with Gasteiger partial charge >= 0.3 is 5.96 Å². The smallest absolute Gasteiger partial charge is 0.362 e. The minimum Gasteiger partial charge on any atom is -1.00 e. The Balaban J connectivity index is 0.00000196. The summed E-state index contributed by atoms with van der Waals surface area (Å²) in [5.41, 5.74) is 0.268. The maximum absolute atomic E-state index is 14.7. The lowest BCUT2D eigenvalue weighted by Crippen LogP contribution is -3.09. The topological polar surface area (TPSA) is 54.0 Å². The van der Waals surface area contributed by atoms with Crippen LogP contribution in [-0.4, -0.2) is 55.1 Å². The molecule has 0 aromatic heterocycles. The van der Waals surface area contributed by atoms with Crippen molar-refractivity contribution in [2.24, 2.45) is 15.1 Å². The highest BCUT2D eigenvalue weighted by molar-refractivity contribution is 7.99. The summed E-state index contributed by atoms with van der Waals surface area (Å²) < 4.78 is 34.2. The highest BCUT2D eigenvalue weighted by Gasteiger charge is 2.38. The van der Waals surface area contributed by atoms with Crippen LogP contribution in [0.15, 0.2) is 33.0 Å². The third-order valence-corrected chi connectivity index (χ3v) is 5.16. The van der Waals surface area contributed by atoms with Gasteiger partial charge in [0.2, 0.25) is 5.82 Å². The second-order valence-electron chi connectivity index (χ2n) is 5.63. The van der Waals surface area contributed by atoms with E-state index in [9.17, 15) is 8.78 Å². The standard InChI is InChI=1S/C16H15F2N5OS.ClH/c1-24-10-6-12(17)14(13(18)7-10)11-8-19-16-20-9-21-23(16)15(11)22-2-4-25-5-3-22;/h6-9H,2-5H2,1H3;1H. The molecule has 4 rings (SSSR count). The summed E-state index contributed by atoms with van der Waals surface area (Å²) in [5.74, 6) is 1.82. The van der Waals surface area contributed by atoms with Gasteiger partial charge in [0.05, 0.1) is 24.5 Å². The molecule has 26 heavy (non-hydrogen) atoms. The predicted octanol–water partition coefficient (Wildman–Crippen LogP) is -2.02. The van der Waals surface area contributed by atoms with Gasteiger partial charge in [-0.25, -0.2) is 8.78 Å². The Kier molecular flexibility index (Phi) is 5.59. The van der Waals surface area contributed by atoms with E-state index in [-0.39, 0.29) is 23.7 Å². The predicted molar refractivity (Wildman–Crippen MR) is 94.1 cm³/mol. The highest BCUT2D eigenvalue weighted by atomic mass is 35.5. The normalized spacial score (nSPS) is 21.4. The fourth-order valence-corrected chi connectivity index (χ4v) is 3.95. The Bertz CT molecular complexity index is 813.